The maximum absolute atomic E-state index is 12.5. The summed E-state index contributed by atoms with van der Waals surface area (Å²) in [5.74, 6) is 2.94. The van der Waals surface area contributed by atoms with E-state index < -0.39 is 0 Å². The van der Waals surface area contributed by atoms with E-state index in [-0.39, 0.29) is 12.7 Å². The molecule has 34 heavy (non-hydrogen) atoms. The highest BCUT2D eigenvalue weighted by Crippen LogP contribution is 2.32. The molecule has 1 aromatic heterocycles. The van der Waals surface area contributed by atoms with Gasteiger partial charge in [-0.05, 0) is 35.4 Å². The first-order chi connectivity index (χ1) is 16.6. The van der Waals surface area contributed by atoms with Gasteiger partial charge in [0, 0.05) is 51.1 Å². The van der Waals surface area contributed by atoms with Crippen LogP contribution in [0.4, 0.5) is 5.13 Å². The summed E-state index contributed by atoms with van der Waals surface area (Å²) in [7, 11) is 3.31. The van der Waals surface area contributed by atoms with Crippen molar-refractivity contribution in [1.82, 2.24) is 14.7 Å². The first-order valence-corrected chi connectivity index (χ1v) is 11.8. The van der Waals surface area contributed by atoms with Crippen molar-refractivity contribution < 1.29 is 23.7 Å². The van der Waals surface area contributed by atoms with Gasteiger partial charge in [-0.2, -0.15) is 4.37 Å². The SMILES string of the molecule is COCCN(CCC(=O)NCc1ccc2c(c1)OCO2)c1nc(Cc2cccc(OC)c2)ns1. The van der Waals surface area contributed by atoms with Gasteiger partial charge in [-0.3, -0.25) is 4.79 Å². The van der Waals surface area contributed by atoms with Gasteiger partial charge < -0.3 is 29.2 Å². The zero-order valence-corrected chi connectivity index (χ0v) is 20.1. The molecule has 0 atom stereocenters. The predicted octanol–water partition coefficient (Wildman–Crippen LogP) is 3.03. The Labute approximate surface area is 202 Å². The molecule has 0 spiro atoms. The molecule has 2 heterocycles. The van der Waals surface area contributed by atoms with Crippen LogP contribution in [0.15, 0.2) is 42.5 Å². The molecule has 0 radical (unpaired) electrons. The van der Waals surface area contributed by atoms with Crippen LogP contribution in [-0.4, -0.2) is 56.0 Å². The Bertz CT molecular complexity index is 1110. The summed E-state index contributed by atoms with van der Waals surface area (Å²) in [5, 5.41) is 3.74. The lowest BCUT2D eigenvalue weighted by Crippen LogP contribution is -2.32. The normalized spacial score (nSPS) is 11.9. The average Bonchev–Trinajstić information content (AvgIpc) is 3.52. The molecule has 0 unspecified atom stereocenters. The largest absolute Gasteiger partial charge is 0.497 e. The molecule has 0 aliphatic carbocycles. The third kappa shape index (κ3) is 6.36. The molecule has 9 nitrogen and oxygen atoms in total. The number of hydrogen-bond donors (Lipinski definition) is 1. The lowest BCUT2D eigenvalue weighted by atomic mass is 10.1. The topological polar surface area (TPSA) is 95.0 Å². The van der Waals surface area contributed by atoms with Crippen LogP contribution in [0, 0.1) is 0 Å². The van der Waals surface area contributed by atoms with Crippen LogP contribution in [0.5, 0.6) is 17.2 Å². The smallest absolute Gasteiger partial charge is 0.231 e. The molecule has 1 aliphatic rings. The number of carbonyl (C=O) groups excluding carboxylic acids is 1. The van der Waals surface area contributed by atoms with Gasteiger partial charge in [0.25, 0.3) is 0 Å². The van der Waals surface area contributed by atoms with Gasteiger partial charge >= 0.3 is 0 Å². The molecule has 2 aromatic carbocycles. The highest BCUT2D eigenvalue weighted by atomic mass is 32.1. The Morgan fingerprint density at radius 3 is 2.85 bits per heavy atom. The van der Waals surface area contributed by atoms with E-state index in [9.17, 15) is 4.79 Å². The highest BCUT2D eigenvalue weighted by Gasteiger charge is 2.16. The van der Waals surface area contributed by atoms with Crippen LogP contribution in [0.3, 0.4) is 0 Å². The van der Waals surface area contributed by atoms with Crippen molar-refractivity contribution in [2.24, 2.45) is 0 Å². The standard InChI is InChI=1S/C24H28N4O5S/c1-30-11-10-28(24-26-22(27-34-24)14-17-4-3-5-19(12-17)31-2)9-8-23(29)25-15-18-6-7-20-21(13-18)33-16-32-20/h3-7,12-13H,8-11,14-16H2,1-2H3,(H,25,29). The second-order valence-electron chi connectivity index (χ2n) is 7.72. The van der Waals surface area contributed by atoms with E-state index in [4.69, 9.17) is 23.9 Å². The van der Waals surface area contributed by atoms with E-state index in [1.807, 2.05) is 47.4 Å². The third-order valence-electron chi connectivity index (χ3n) is 5.33. The summed E-state index contributed by atoms with van der Waals surface area (Å²) < 4.78 is 25.8. The fourth-order valence-corrected chi connectivity index (χ4v) is 4.23. The Balaban J connectivity index is 1.31. The summed E-state index contributed by atoms with van der Waals surface area (Å²) in [6, 6.07) is 13.5. The minimum atomic E-state index is -0.0406. The molecule has 1 N–H and O–H groups in total. The van der Waals surface area contributed by atoms with Crippen LogP contribution in [0.1, 0.15) is 23.4 Å². The second kappa shape index (κ2) is 11.7. The number of carbonyl (C=O) groups is 1. The van der Waals surface area contributed by atoms with E-state index in [1.165, 1.54) is 11.5 Å². The van der Waals surface area contributed by atoms with E-state index in [0.717, 1.165) is 33.6 Å². The predicted molar refractivity (Wildman–Crippen MR) is 129 cm³/mol. The van der Waals surface area contributed by atoms with Crippen molar-refractivity contribution in [3.05, 3.63) is 59.4 Å². The van der Waals surface area contributed by atoms with Gasteiger partial charge in [0.2, 0.25) is 17.8 Å². The molecule has 1 aliphatic heterocycles. The number of hydrogen-bond acceptors (Lipinski definition) is 9. The van der Waals surface area contributed by atoms with Gasteiger partial charge in [-0.15, -0.1) is 0 Å². The molecule has 0 bridgehead atoms. The van der Waals surface area contributed by atoms with Crippen LogP contribution >= 0.6 is 11.5 Å². The van der Waals surface area contributed by atoms with Gasteiger partial charge in [0.05, 0.1) is 13.7 Å². The molecule has 180 valence electrons. The van der Waals surface area contributed by atoms with Crippen molar-refractivity contribution >= 4 is 22.6 Å². The number of anilines is 1. The highest BCUT2D eigenvalue weighted by molar-refractivity contribution is 7.09. The fraction of sp³-hybridized carbons (Fsp3) is 0.375. The van der Waals surface area contributed by atoms with E-state index in [0.29, 0.717) is 44.8 Å². The third-order valence-corrected chi connectivity index (χ3v) is 6.14. The number of rotatable bonds is 12. The Morgan fingerprint density at radius 1 is 1.12 bits per heavy atom. The van der Waals surface area contributed by atoms with Gasteiger partial charge in [0.15, 0.2) is 11.5 Å². The monoisotopic (exact) mass is 484 g/mol. The number of nitrogens with one attached hydrogen (secondary N) is 1. The van der Waals surface area contributed by atoms with Crippen molar-refractivity contribution in [2.45, 2.75) is 19.4 Å². The van der Waals surface area contributed by atoms with Crippen LogP contribution in [0.25, 0.3) is 0 Å². The van der Waals surface area contributed by atoms with Crippen molar-refractivity contribution in [3.63, 3.8) is 0 Å². The summed E-state index contributed by atoms with van der Waals surface area (Å²) in [4.78, 5) is 19.2. The van der Waals surface area contributed by atoms with E-state index in [1.54, 1.807) is 14.2 Å². The first kappa shape index (κ1) is 23.8. The number of fused-ring (bicyclic) bond motifs is 1. The fourth-order valence-electron chi connectivity index (χ4n) is 3.49. The number of aromatic nitrogens is 2. The molecule has 0 saturated heterocycles. The minimum absolute atomic E-state index is 0.0406. The maximum atomic E-state index is 12.5. The zero-order chi connectivity index (χ0) is 23.8. The first-order valence-electron chi connectivity index (χ1n) is 11.0. The Kier molecular flexibility index (Phi) is 8.16. The molecular formula is C24H28N4O5S. The van der Waals surface area contributed by atoms with Crippen molar-refractivity contribution in [1.29, 1.82) is 0 Å². The van der Waals surface area contributed by atoms with E-state index in [2.05, 4.69) is 9.69 Å². The number of ether oxygens (including phenoxy) is 4. The summed E-state index contributed by atoms with van der Waals surface area (Å²) in [5.41, 5.74) is 2.04. The summed E-state index contributed by atoms with van der Waals surface area (Å²) in [6.07, 6.45) is 0.945. The molecular weight excluding hydrogens is 456 g/mol. The van der Waals surface area contributed by atoms with Crippen molar-refractivity contribution in [2.75, 3.05) is 45.6 Å². The molecule has 0 saturated carbocycles. The quantitative estimate of drug-likeness (QED) is 0.419. The number of amides is 1. The van der Waals surface area contributed by atoms with Gasteiger partial charge in [-0.1, -0.05) is 18.2 Å². The van der Waals surface area contributed by atoms with Crippen molar-refractivity contribution in [3.8, 4) is 17.2 Å². The number of methoxy groups -OCH3 is 2. The Morgan fingerprint density at radius 2 is 2.00 bits per heavy atom. The lowest BCUT2D eigenvalue weighted by molar-refractivity contribution is -0.121. The van der Waals surface area contributed by atoms with Gasteiger partial charge in [0.1, 0.15) is 11.6 Å². The zero-order valence-electron chi connectivity index (χ0n) is 19.3. The van der Waals surface area contributed by atoms with E-state index >= 15 is 0 Å². The molecule has 3 aromatic rings. The van der Waals surface area contributed by atoms with Crippen LogP contribution in [0.2, 0.25) is 0 Å². The van der Waals surface area contributed by atoms with Crippen LogP contribution < -0.4 is 24.4 Å². The lowest BCUT2D eigenvalue weighted by Gasteiger charge is -2.20. The minimum Gasteiger partial charge on any atom is -0.497 e. The Hall–Kier alpha value is -3.37. The van der Waals surface area contributed by atoms with Crippen LogP contribution in [-0.2, 0) is 22.5 Å². The molecule has 1 amide bonds. The maximum Gasteiger partial charge on any atom is 0.231 e. The second-order valence-corrected chi connectivity index (χ2v) is 8.45. The summed E-state index contributed by atoms with van der Waals surface area (Å²) >= 11 is 1.33. The number of nitrogens with zero attached hydrogens (tertiary/aromatic N) is 3. The number of benzene rings is 2. The molecule has 10 heteroatoms. The van der Waals surface area contributed by atoms with Gasteiger partial charge in [-0.25, -0.2) is 4.98 Å². The average molecular weight is 485 g/mol. The molecule has 0 fully saturated rings. The summed E-state index contributed by atoms with van der Waals surface area (Å²) in [6.45, 7) is 2.33. The molecule has 4 rings (SSSR count).